The van der Waals surface area contributed by atoms with E-state index in [-0.39, 0.29) is 78.0 Å². The Morgan fingerprint density at radius 2 is 0.928 bits per heavy atom. The number of pyridine rings is 2. The number of fused-ring (bicyclic) bond motifs is 2. The van der Waals surface area contributed by atoms with Crippen molar-refractivity contribution in [3.8, 4) is 22.3 Å². The quantitative estimate of drug-likeness (QED) is 0.0678. The molecular formula is C82H90BrF2N2O9P. The Bertz CT molecular complexity index is 4080. The van der Waals surface area contributed by atoms with Gasteiger partial charge in [0.1, 0.15) is 52.2 Å². The number of halogens is 3. The Labute approximate surface area is 581 Å². The number of hydrogen-bond acceptors (Lipinski definition) is 11. The number of benzene rings is 7. The lowest BCUT2D eigenvalue weighted by molar-refractivity contribution is -0.346. The first kappa shape index (κ1) is 72.4. The van der Waals surface area contributed by atoms with E-state index in [2.05, 4.69) is 133 Å². The van der Waals surface area contributed by atoms with Crippen LogP contribution in [0.15, 0.2) is 194 Å². The van der Waals surface area contributed by atoms with E-state index in [9.17, 15) is 18.4 Å². The van der Waals surface area contributed by atoms with Gasteiger partial charge in [0.2, 0.25) is 0 Å². The molecule has 0 N–H and O–H groups in total. The van der Waals surface area contributed by atoms with E-state index < -0.39 is 30.0 Å². The topological polar surface area (TPSA) is 125 Å². The van der Waals surface area contributed by atoms with Crippen LogP contribution >= 0.6 is 7.26 Å². The number of methoxy groups -OCH3 is 1. The van der Waals surface area contributed by atoms with E-state index in [1.165, 1.54) is 44.9 Å². The smallest absolute Gasteiger partial charge is 0.308 e. The normalized spacial score (nSPS) is 19.2. The molecule has 0 radical (unpaired) electrons. The van der Waals surface area contributed by atoms with Gasteiger partial charge in [-0.15, -0.1) is 0 Å². The Kier molecular flexibility index (Phi) is 23.0. The highest BCUT2D eigenvalue weighted by atomic mass is 79.9. The van der Waals surface area contributed by atoms with E-state index >= 15 is 0 Å². The van der Waals surface area contributed by atoms with Crippen molar-refractivity contribution in [2.24, 2.45) is 0 Å². The highest BCUT2D eigenvalue weighted by molar-refractivity contribution is 7.95. The summed E-state index contributed by atoms with van der Waals surface area (Å²) in [6.45, 7) is 18.5. The number of rotatable bonds is 16. The van der Waals surface area contributed by atoms with Crippen LogP contribution in [0.4, 0.5) is 8.78 Å². The fourth-order valence-electron chi connectivity index (χ4n) is 13.1. The summed E-state index contributed by atoms with van der Waals surface area (Å²) in [5, 5.41) is 6.21. The summed E-state index contributed by atoms with van der Waals surface area (Å²) < 4.78 is 67.5. The largest absolute Gasteiger partial charge is 1.00 e. The molecule has 97 heavy (non-hydrogen) atoms. The monoisotopic (exact) mass is 1390 g/mol. The third kappa shape index (κ3) is 18.7. The molecule has 0 amide bonds. The third-order valence-electron chi connectivity index (χ3n) is 17.2. The van der Waals surface area contributed by atoms with Crippen LogP contribution in [0.1, 0.15) is 155 Å². The van der Waals surface area contributed by atoms with Gasteiger partial charge >= 0.3 is 11.9 Å². The fourth-order valence-corrected chi connectivity index (χ4v) is 17.4. The molecule has 2 saturated carbocycles. The predicted molar refractivity (Wildman–Crippen MR) is 381 cm³/mol. The first-order chi connectivity index (χ1) is 45.8. The lowest BCUT2D eigenvalue weighted by atomic mass is 9.92. The van der Waals surface area contributed by atoms with Crippen molar-refractivity contribution in [3.05, 3.63) is 228 Å². The number of ether oxygens (including phenoxy) is 7. The summed E-state index contributed by atoms with van der Waals surface area (Å²) in [5.41, 5.74) is 9.78. The average molecular weight is 1400 g/mol. The maximum Gasteiger partial charge on any atom is 0.308 e. The maximum absolute atomic E-state index is 14.2. The van der Waals surface area contributed by atoms with Gasteiger partial charge in [0, 0.05) is 59.3 Å². The van der Waals surface area contributed by atoms with Crippen molar-refractivity contribution in [3.63, 3.8) is 0 Å². The summed E-state index contributed by atoms with van der Waals surface area (Å²) in [6.07, 6.45) is 9.80. The molecule has 4 fully saturated rings. The molecular weight excluding hydrogens is 1310 g/mol. The number of nitrogens with zero attached hydrogens (tertiary/aromatic N) is 2. The lowest BCUT2D eigenvalue weighted by Crippen LogP contribution is -3.00. The van der Waals surface area contributed by atoms with Crippen molar-refractivity contribution < 1.29 is 68.5 Å². The molecule has 2 aromatic heterocycles. The van der Waals surface area contributed by atoms with Gasteiger partial charge in [-0.25, -0.2) is 8.78 Å². The number of aromatic nitrogens is 2. The number of esters is 2. The fraction of sp³-hybridized carbons (Fsp3) is 0.366. The zero-order valence-electron chi connectivity index (χ0n) is 57.5. The van der Waals surface area contributed by atoms with Gasteiger partial charge in [-0.05, 0) is 184 Å². The van der Waals surface area contributed by atoms with E-state index in [4.69, 9.17) is 43.1 Å². The molecule has 4 atom stereocenters. The highest BCUT2D eigenvalue weighted by Gasteiger charge is 2.48. The summed E-state index contributed by atoms with van der Waals surface area (Å²) in [7, 11) is -0.583. The van der Waals surface area contributed by atoms with Gasteiger partial charge in [0.05, 0.1) is 53.6 Å². The number of carbonyl (C=O) groups is 2. The summed E-state index contributed by atoms with van der Waals surface area (Å²) >= 11 is 0. The third-order valence-corrected chi connectivity index (χ3v) is 21.6. The van der Waals surface area contributed by atoms with Crippen LogP contribution in [0.2, 0.25) is 0 Å². The van der Waals surface area contributed by atoms with E-state index in [0.717, 1.165) is 81.6 Å². The van der Waals surface area contributed by atoms with Crippen molar-refractivity contribution in [1.29, 1.82) is 0 Å². The Morgan fingerprint density at radius 1 is 0.526 bits per heavy atom. The van der Waals surface area contributed by atoms with E-state index in [1.807, 2.05) is 97.9 Å². The molecule has 13 rings (SSSR count). The standard InChI is InChI=1S/C37H30FNP.C32H36FNO4.C13H24O5.BrH/c38-29-24-22-27(23-25-29)36-33-18-10-11-19-35(33)39-37(28-20-21-28)34(36)26-40(30-12-4-1-5-13-30,31-14-6-2-7-15-31)32-16-8-3-9-17-32;1-31(2,3)38-28(35)19-24-18-23(36-32(4,5)37-24)16-17-26-29(20-12-14-22(33)15-13-20)25-8-6-7-9-27(25)34-30(26)21-10-11-21;1-12(2,3)17-10(14)7-9-8-11(15-6)18-13(4,5)16-9;/h1-19,22-25,28H,20-21,26H2;6-9,12-17,21,23-24H,10-11,18-19H2,1-5H3;9,11H,7-8H2,1-6H3;1H/q+1;;;/p-1/b;17-16+;;/t;23-,24-;9-,11-;/m.10./s1. The molecule has 4 aliphatic rings. The summed E-state index contributed by atoms with van der Waals surface area (Å²) in [4.78, 5) is 34.7. The lowest BCUT2D eigenvalue weighted by Gasteiger charge is -2.39. The Balaban J connectivity index is 0.000000168. The van der Waals surface area contributed by atoms with Gasteiger partial charge in [-0.3, -0.25) is 19.6 Å². The van der Waals surface area contributed by atoms with Crippen molar-refractivity contribution >= 4 is 63.0 Å². The van der Waals surface area contributed by atoms with Crippen LogP contribution in [0.25, 0.3) is 50.1 Å². The molecule has 0 spiro atoms. The molecule has 2 aliphatic carbocycles. The molecule has 2 saturated heterocycles. The van der Waals surface area contributed by atoms with Crippen LogP contribution in [0, 0.1) is 11.6 Å². The minimum Gasteiger partial charge on any atom is -1.00 e. The highest BCUT2D eigenvalue weighted by Crippen LogP contribution is 2.61. The van der Waals surface area contributed by atoms with Crippen LogP contribution in [0.5, 0.6) is 0 Å². The second kappa shape index (κ2) is 30.8. The molecule has 0 bridgehead atoms. The van der Waals surface area contributed by atoms with Crippen LogP contribution in [-0.4, -0.2) is 76.4 Å². The number of hydrogen-bond donors (Lipinski definition) is 0. The molecule has 2 aliphatic heterocycles. The molecule has 0 unspecified atom stereocenters. The first-order valence-corrected chi connectivity index (χ1v) is 35.6. The van der Waals surface area contributed by atoms with Crippen LogP contribution in [0.3, 0.4) is 0 Å². The van der Waals surface area contributed by atoms with Crippen LogP contribution < -0.4 is 32.9 Å². The molecule has 15 heteroatoms. The Morgan fingerprint density at radius 3 is 1.38 bits per heavy atom. The van der Waals surface area contributed by atoms with Gasteiger partial charge in [-0.1, -0.05) is 127 Å². The van der Waals surface area contributed by atoms with Gasteiger partial charge in [-0.2, -0.15) is 0 Å². The van der Waals surface area contributed by atoms with Crippen molar-refractivity contribution in [1.82, 2.24) is 9.97 Å². The number of carbonyl (C=O) groups excluding carboxylic acids is 2. The predicted octanol–water partition coefficient (Wildman–Crippen LogP) is 15.2. The average Bonchev–Trinajstić information content (AvgIpc) is 1.68. The second-order valence-electron chi connectivity index (χ2n) is 28.3. The summed E-state index contributed by atoms with van der Waals surface area (Å²) in [5.74, 6) is -1.75. The van der Waals surface area contributed by atoms with Crippen molar-refractivity contribution in [2.45, 2.75) is 186 Å². The molecule has 4 heterocycles. The minimum absolute atomic E-state index is 0. The Hall–Kier alpha value is -7.39. The zero-order valence-corrected chi connectivity index (χ0v) is 60.0. The number of para-hydroxylation sites is 2. The second-order valence-corrected chi connectivity index (χ2v) is 31.8. The van der Waals surface area contributed by atoms with Crippen LogP contribution in [-0.2, 0) is 48.9 Å². The SMILES string of the molecule is CC(C)(C)OC(=O)C[C@H]1C[C@@H](/C=C/c2c(C3CC3)nc3ccccc3c2-c2ccc(F)cc2)OC(C)(C)O1.CO[C@@H]1C[C@H](CC(=O)OC(C)(C)C)OC(C)(C)O1.Fc1ccc(-c2c(C[P+](c3ccccc3)(c3ccccc3)c3ccccc3)c(C3CC3)nc3ccccc23)cc1.[Br-]. The molecule has 9 aromatic rings. The molecule has 508 valence electrons. The first-order valence-electron chi connectivity index (χ1n) is 33.6. The van der Waals surface area contributed by atoms with Gasteiger partial charge < -0.3 is 50.1 Å². The molecule has 7 aromatic carbocycles. The summed E-state index contributed by atoms with van der Waals surface area (Å²) in [6, 6.07) is 63.4. The minimum atomic E-state index is -2.16. The van der Waals surface area contributed by atoms with Crippen molar-refractivity contribution in [2.75, 3.05) is 7.11 Å². The zero-order chi connectivity index (χ0) is 68.0. The van der Waals surface area contributed by atoms with E-state index in [1.54, 1.807) is 33.1 Å². The van der Waals surface area contributed by atoms with Gasteiger partial charge in [0.25, 0.3) is 0 Å². The molecule has 11 nitrogen and oxygen atoms in total. The van der Waals surface area contributed by atoms with E-state index in [0.29, 0.717) is 24.7 Å². The van der Waals surface area contributed by atoms with Gasteiger partial charge in [0.15, 0.2) is 17.9 Å². The maximum atomic E-state index is 14.2.